The molecule has 0 spiro atoms. The van der Waals surface area contributed by atoms with E-state index in [0.29, 0.717) is 18.3 Å². The molecule has 0 saturated carbocycles. The second-order valence-electron chi connectivity index (χ2n) is 7.51. The molecule has 0 aliphatic carbocycles. The lowest BCUT2D eigenvalue weighted by atomic mass is 9.96. The number of aliphatic imine (C=N–C) groups is 1. The number of rotatable bonds is 5. The summed E-state index contributed by atoms with van der Waals surface area (Å²) in [5.74, 6) is 1.77. The Morgan fingerprint density at radius 1 is 1.26 bits per heavy atom. The molecule has 2 N–H and O–H groups in total. The van der Waals surface area contributed by atoms with Gasteiger partial charge in [-0.1, -0.05) is 29.8 Å². The molecule has 0 radical (unpaired) electrons. The molecule has 1 unspecified atom stereocenters. The first-order chi connectivity index (χ1) is 12.9. The minimum atomic E-state index is -2.88. The number of hydrogen-bond donors (Lipinski definition) is 2. The molecule has 150 valence electrons. The molecule has 2 aliphatic heterocycles. The molecule has 27 heavy (non-hydrogen) atoms. The van der Waals surface area contributed by atoms with Gasteiger partial charge in [0.05, 0.1) is 11.5 Å². The fraction of sp³-hybridized carbons (Fsp3) is 0.632. The van der Waals surface area contributed by atoms with E-state index < -0.39 is 9.84 Å². The predicted octanol–water partition coefficient (Wildman–Crippen LogP) is 1.90. The zero-order valence-corrected chi connectivity index (χ0v) is 17.4. The van der Waals surface area contributed by atoms with Crippen molar-refractivity contribution < 1.29 is 8.42 Å². The van der Waals surface area contributed by atoms with E-state index in [1.807, 2.05) is 18.2 Å². The Morgan fingerprint density at radius 2 is 2.00 bits per heavy atom. The molecule has 6 nitrogen and oxygen atoms in total. The Balaban J connectivity index is 1.39. The summed E-state index contributed by atoms with van der Waals surface area (Å²) >= 11 is 6.27. The van der Waals surface area contributed by atoms with Crippen molar-refractivity contribution in [3.05, 3.63) is 34.9 Å². The molecule has 0 aromatic heterocycles. The minimum Gasteiger partial charge on any atom is -0.356 e. The molecule has 0 bridgehead atoms. The van der Waals surface area contributed by atoms with Gasteiger partial charge in [-0.15, -0.1) is 0 Å². The van der Waals surface area contributed by atoms with Crippen molar-refractivity contribution in [2.24, 2.45) is 10.9 Å². The summed E-state index contributed by atoms with van der Waals surface area (Å²) in [5, 5.41) is 7.45. The summed E-state index contributed by atoms with van der Waals surface area (Å²) in [6, 6.07) is 8.01. The first kappa shape index (κ1) is 20.4. The van der Waals surface area contributed by atoms with Crippen LogP contribution in [0, 0.1) is 5.92 Å². The summed E-state index contributed by atoms with van der Waals surface area (Å²) in [4.78, 5) is 6.69. The highest BCUT2D eigenvalue weighted by Gasteiger charge is 2.28. The topological polar surface area (TPSA) is 73.8 Å². The molecule has 2 saturated heterocycles. The van der Waals surface area contributed by atoms with Crippen molar-refractivity contribution in [3.63, 3.8) is 0 Å². The van der Waals surface area contributed by atoms with Crippen LogP contribution >= 0.6 is 11.6 Å². The average molecular weight is 413 g/mol. The number of piperidine rings is 1. The van der Waals surface area contributed by atoms with Gasteiger partial charge in [-0.2, -0.15) is 0 Å². The Morgan fingerprint density at radius 3 is 2.63 bits per heavy atom. The summed E-state index contributed by atoms with van der Waals surface area (Å²) in [6.07, 6.45) is 2.92. The number of halogens is 1. The number of nitrogens with zero attached hydrogens (tertiary/aromatic N) is 2. The van der Waals surface area contributed by atoms with E-state index in [9.17, 15) is 8.42 Å². The molecule has 3 rings (SSSR count). The zero-order chi connectivity index (χ0) is 19.3. The first-order valence-electron chi connectivity index (χ1n) is 9.58. The van der Waals surface area contributed by atoms with E-state index in [1.165, 1.54) is 5.56 Å². The number of likely N-dealkylation sites (tertiary alicyclic amines) is 1. The second kappa shape index (κ2) is 9.26. The molecule has 1 aromatic rings. The number of hydrogen-bond acceptors (Lipinski definition) is 4. The lowest BCUT2D eigenvalue weighted by Gasteiger charge is -2.32. The summed E-state index contributed by atoms with van der Waals surface area (Å²) < 4.78 is 23.2. The lowest BCUT2D eigenvalue weighted by Crippen LogP contribution is -2.46. The largest absolute Gasteiger partial charge is 0.356 e. The molecule has 1 aromatic carbocycles. The van der Waals surface area contributed by atoms with E-state index in [4.69, 9.17) is 11.6 Å². The van der Waals surface area contributed by atoms with Crippen LogP contribution in [0.1, 0.15) is 24.8 Å². The third-order valence-electron chi connectivity index (χ3n) is 5.41. The number of nitrogens with one attached hydrogen (secondary N) is 2. The summed E-state index contributed by atoms with van der Waals surface area (Å²) in [6.45, 7) is 3.88. The van der Waals surface area contributed by atoms with Gasteiger partial charge in [0, 0.05) is 31.2 Å². The van der Waals surface area contributed by atoms with E-state index >= 15 is 0 Å². The third kappa shape index (κ3) is 6.09. The number of sulfone groups is 1. The van der Waals surface area contributed by atoms with Gasteiger partial charge in [-0.25, -0.2) is 8.42 Å². The average Bonchev–Trinajstić information content (AvgIpc) is 3.00. The van der Waals surface area contributed by atoms with Crippen LogP contribution in [-0.4, -0.2) is 63.5 Å². The highest BCUT2D eigenvalue weighted by Crippen LogP contribution is 2.22. The highest BCUT2D eigenvalue weighted by atomic mass is 35.5. The number of guanidine groups is 1. The van der Waals surface area contributed by atoms with Gasteiger partial charge in [-0.05, 0) is 49.9 Å². The Labute approximate surface area is 167 Å². The van der Waals surface area contributed by atoms with E-state index in [2.05, 4.69) is 26.6 Å². The fourth-order valence-electron chi connectivity index (χ4n) is 3.75. The third-order valence-corrected chi connectivity index (χ3v) is 7.55. The first-order valence-corrected chi connectivity index (χ1v) is 11.8. The van der Waals surface area contributed by atoms with E-state index in [0.717, 1.165) is 44.0 Å². The highest BCUT2D eigenvalue weighted by molar-refractivity contribution is 7.91. The normalized spacial score (nSPS) is 24.1. The van der Waals surface area contributed by atoms with Gasteiger partial charge < -0.3 is 10.6 Å². The maximum Gasteiger partial charge on any atom is 0.191 e. The lowest BCUT2D eigenvalue weighted by molar-refractivity contribution is 0.178. The maximum absolute atomic E-state index is 11.6. The van der Waals surface area contributed by atoms with Crippen LogP contribution in [0.4, 0.5) is 0 Å². The Hall–Kier alpha value is -1.31. The van der Waals surface area contributed by atoms with Crippen LogP contribution in [0.25, 0.3) is 0 Å². The molecule has 2 fully saturated rings. The van der Waals surface area contributed by atoms with Gasteiger partial charge in [0.1, 0.15) is 0 Å². The molecule has 2 heterocycles. The molecule has 1 atom stereocenters. The standard InChI is InChI=1S/C19H29ClN4O2S/c1-21-19(23-17-8-11-27(25,26)14-17)22-12-15-6-9-24(10-7-15)13-16-4-2-3-5-18(16)20/h2-5,15,17H,6-14H2,1H3,(H2,21,22,23). The van der Waals surface area contributed by atoms with Crippen LogP contribution in [-0.2, 0) is 16.4 Å². The molecule has 8 heteroatoms. The van der Waals surface area contributed by atoms with Crippen LogP contribution in [0.2, 0.25) is 5.02 Å². The Bertz CT molecular complexity index is 761. The summed E-state index contributed by atoms with van der Waals surface area (Å²) in [7, 11) is -1.15. The van der Waals surface area contributed by atoms with Crippen molar-refractivity contribution in [3.8, 4) is 0 Å². The van der Waals surface area contributed by atoms with Crippen molar-refractivity contribution in [1.29, 1.82) is 0 Å². The van der Waals surface area contributed by atoms with Crippen molar-refractivity contribution in [2.45, 2.75) is 31.8 Å². The maximum atomic E-state index is 11.6. The van der Waals surface area contributed by atoms with Crippen LogP contribution in [0.3, 0.4) is 0 Å². The summed E-state index contributed by atoms with van der Waals surface area (Å²) in [5.41, 5.74) is 1.19. The van der Waals surface area contributed by atoms with Crippen LogP contribution in [0.5, 0.6) is 0 Å². The van der Waals surface area contributed by atoms with Crippen molar-refractivity contribution in [2.75, 3.05) is 38.2 Å². The zero-order valence-electron chi connectivity index (χ0n) is 15.8. The van der Waals surface area contributed by atoms with E-state index in [-0.39, 0.29) is 17.5 Å². The number of benzene rings is 1. The predicted molar refractivity (Wildman–Crippen MR) is 111 cm³/mol. The van der Waals surface area contributed by atoms with Crippen molar-refractivity contribution >= 4 is 27.4 Å². The van der Waals surface area contributed by atoms with Crippen LogP contribution in [0.15, 0.2) is 29.3 Å². The molecule has 0 amide bonds. The SMILES string of the molecule is CN=C(NCC1CCN(Cc2ccccc2Cl)CC1)NC1CCS(=O)(=O)C1. The molecule has 2 aliphatic rings. The quantitative estimate of drug-likeness (QED) is 0.570. The van der Waals surface area contributed by atoms with Gasteiger partial charge in [0.15, 0.2) is 15.8 Å². The van der Waals surface area contributed by atoms with Gasteiger partial charge in [0.2, 0.25) is 0 Å². The minimum absolute atomic E-state index is 0.0290. The van der Waals surface area contributed by atoms with Crippen molar-refractivity contribution in [1.82, 2.24) is 15.5 Å². The smallest absolute Gasteiger partial charge is 0.191 e. The second-order valence-corrected chi connectivity index (χ2v) is 10.1. The van der Waals surface area contributed by atoms with Gasteiger partial charge >= 0.3 is 0 Å². The monoisotopic (exact) mass is 412 g/mol. The molecular weight excluding hydrogens is 384 g/mol. The molecular formula is C19H29ClN4O2S. The van der Waals surface area contributed by atoms with E-state index in [1.54, 1.807) is 7.05 Å². The van der Waals surface area contributed by atoms with Gasteiger partial charge in [0.25, 0.3) is 0 Å². The Kier molecular flexibility index (Phi) is 7.00. The van der Waals surface area contributed by atoms with Crippen LogP contribution < -0.4 is 10.6 Å². The van der Waals surface area contributed by atoms with Gasteiger partial charge in [-0.3, -0.25) is 9.89 Å². The fourth-order valence-corrected chi connectivity index (χ4v) is 5.62.